The highest BCUT2D eigenvalue weighted by Crippen LogP contribution is 2.57. The lowest BCUT2D eigenvalue weighted by atomic mass is 9.67. The monoisotopic (exact) mass is 1160 g/mol. The Morgan fingerprint density at radius 2 is 0.659 bits per heavy atom. The van der Waals surface area contributed by atoms with Crippen molar-refractivity contribution in [1.82, 2.24) is 4.57 Å². The molecule has 426 valence electrons. The summed E-state index contributed by atoms with van der Waals surface area (Å²) >= 11 is 0. The van der Waals surface area contributed by atoms with Gasteiger partial charge in [-0.15, -0.1) is 0 Å². The van der Waals surface area contributed by atoms with Gasteiger partial charge in [0.15, 0.2) is 0 Å². The first-order valence-electron chi connectivity index (χ1n) is 31.5. The third-order valence-corrected chi connectivity index (χ3v) is 18.8. The summed E-state index contributed by atoms with van der Waals surface area (Å²) in [5, 5.41) is 4.81. The average Bonchev–Trinajstić information content (AvgIpc) is 1.56. The molecule has 2 heteroatoms. The van der Waals surface area contributed by atoms with E-state index in [9.17, 15) is 0 Å². The zero-order valence-corrected chi connectivity index (χ0v) is 50.0. The molecule has 0 atom stereocenters. The first kappa shape index (κ1) is 53.4. The van der Waals surface area contributed by atoms with Crippen molar-refractivity contribution in [2.75, 3.05) is 4.90 Å². The molecule has 16 aromatic rings. The van der Waals surface area contributed by atoms with Gasteiger partial charge in [-0.05, 0) is 178 Å². The fraction of sp³-hybridized carbons (Fsp3) is 0.0112. The van der Waals surface area contributed by atoms with Crippen LogP contribution in [0.15, 0.2) is 364 Å². The number of hydrogen-bond acceptors (Lipinski definition) is 1. The molecule has 1 heterocycles. The lowest BCUT2D eigenvalue weighted by Gasteiger charge is -2.35. The number of nitrogens with zero attached hydrogens (tertiary/aromatic N) is 2. The summed E-state index contributed by atoms with van der Waals surface area (Å²) in [6.45, 7) is 0. The molecule has 0 radical (unpaired) electrons. The Labute approximate surface area is 531 Å². The molecule has 0 saturated carbocycles. The Hall–Kier alpha value is -11.8. The first-order valence-corrected chi connectivity index (χ1v) is 31.5. The van der Waals surface area contributed by atoms with Gasteiger partial charge in [0.05, 0.1) is 22.1 Å². The third-order valence-electron chi connectivity index (χ3n) is 18.8. The van der Waals surface area contributed by atoms with Crippen molar-refractivity contribution in [2.24, 2.45) is 0 Å². The predicted molar refractivity (Wildman–Crippen MR) is 383 cm³/mol. The molecule has 0 fully saturated rings. The van der Waals surface area contributed by atoms with Crippen molar-refractivity contribution >= 4 is 49.6 Å². The summed E-state index contributed by atoms with van der Waals surface area (Å²) in [6.07, 6.45) is 0. The first-order chi connectivity index (χ1) is 45.1. The lowest BCUT2D eigenvalue weighted by Crippen LogP contribution is -2.28. The van der Waals surface area contributed by atoms with Crippen LogP contribution < -0.4 is 4.90 Å². The molecule has 2 nitrogen and oxygen atoms in total. The van der Waals surface area contributed by atoms with Gasteiger partial charge in [-0.2, -0.15) is 0 Å². The SMILES string of the molecule is c1ccc(-c2ccc(-c3cc(-c4cccc(-c5ccccc5)c4)cc(-n4c5ccccc5c5cc(-c6ccc(-c7cccc(N(c8ccc9c(c8)C(c8ccccc8)(c8ccccc8)c8ccccc8-9)c8cccc9ccccc89)c7)cc6)ccc54)c3)cc2)cc1. The van der Waals surface area contributed by atoms with Crippen molar-refractivity contribution in [3.05, 3.63) is 386 Å². The Kier molecular flexibility index (Phi) is 13.1. The lowest BCUT2D eigenvalue weighted by molar-refractivity contribution is 0.768. The highest BCUT2D eigenvalue weighted by Gasteiger charge is 2.46. The Morgan fingerprint density at radius 3 is 1.35 bits per heavy atom. The number of para-hydroxylation sites is 1. The maximum Gasteiger partial charge on any atom is 0.0714 e. The number of anilines is 3. The fourth-order valence-electron chi connectivity index (χ4n) is 14.6. The zero-order chi connectivity index (χ0) is 60.2. The van der Waals surface area contributed by atoms with Crippen LogP contribution in [0.4, 0.5) is 17.1 Å². The summed E-state index contributed by atoms with van der Waals surface area (Å²) in [6, 6.07) is 134. The van der Waals surface area contributed by atoms with E-state index in [0.717, 1.165) is 56.1 Å². The second-order valence-electron chi connectivity index (χ2n) is 24.0. The van der Waals surface area contributed by atoms with Gasteiger partial charge < -0.3 is 9.47 Å². The van der Waals surface area contributed by atoms with E-state index in [-0.39, 0.29) is 0 Å². The highest BCUT2D eigenvalue weighted by atomic mass is 15.1. The molecule has 0 saturated heterocycles. The average molecular weight is 1160 g/mol. The quantitative estimate of drug-likeness (QED) is 0.118. The van der Waals surface area contributed by atoms with Crippen LogP contribution in [-0.2, 0) is 5.41 Å². The van der Waals surface area contributed by atoms with Crippen molar-refractivity contribution in [3.8, 4) is 83.6 Å². The molecule has 17 rings (SSSR count). The molecule has 0 N–H and O–H groups in total. The van der Waals surface area contributed by atoms with Crippen molar-refractivity contribution in [3.63, 3.8) is 0 Å². The van der Waals surface area contributed by atoms with E-state index in [0.29, 0.717) is 0 Å². The second kappa shape index (κ2) is 22.4. The van der Waals surface area contributed by atoms with E-state index in [2.05, 4.69) is 373 Å². The fourth-order valence-corrected chi connectivity index (χ4v) is 14.6. The molecule has 0 unspecified atom stereocenters. The predicted octanol–water partition coefficient (Wildman–Crippen LogP) is 23.8. The molecule has 1 aliphatic rings. The molecule has 15 aromatic carbocycles. The van der Waals surface area contributed by atoms with E-state index in [1.807, 2.05) is 0 Å². The van der Waals surface area contributed by atoms with Crippen molar-refractivity contribution in [1.29, 1.82) is 0 Å². The van der Waals surface area contributed by atoms with Crippen LogP contribution in [-0.4, -0.2) is 4.57 Å². The smallest absolute Gasteiger partial charge is 0.0714 e. The van der Waals surface area contributed by atoms with Gasteiger partial charge in [-0.3, -0.25) is 0 Å². The van der Waals surface area contributed by atoms with Crippen molar-refractivity contribution in [2.45, 2.75) is 5.41 Å². The number of benzene rings is 15. The Balaban J connectivity index is 0.753. The summed E-state index contributed by atoms with van der Waals surface area (Å²) in [5.74, 6) is 0. The standard InChI is InChI=1S/C89H60N2/c1-5-22-61(23-6-1)63-42-48-66(49-43-63)72-55-73(69-29-19-28-68(54-69)62-24-7-2-8-25-62)58-78(57-72)91-87-40-18-16-38-82(87)83-59-71(50-53-88(83)91)65-46-44-64(45-47-65)70-30-20-35-76(56-70)90(86-41-21-27-67-26-13-14-36-79(67)86)77-51-52-81-80-37-15-17-39-84(80)89(85(81)60-77,74-31-9-3-10-32-74)75-33-11-4-12-34-75/h1-60H. The van der Waals surface area contributed by atoms with Crippen LogP contribution >= 0.6 is 0 Å². The van der Waals surface area contributed by atoms with Gasteiger partial charge in [-0.25, -0.2) is 0 Å². The van der Waals surface area contributed by atoms with E-state index in [1.54, 1.807) is 0 Å². The normalized spacial score (nSPS) is 12.3. The minimum absolute atomic E-state index is 0.538. The van der Waals surface area contributed by atoms with Gasteiger partial charge in [0.2, 0.25) is 0 Å². The zero-order valence-electron chi connectivity index (χ0n) is 50.0. The molecule has 1 aliphatic carbocycles. The van der Waals surface area contributed by atoms with Crippen LogP contribution in [0, 0.1) is 0 Å². The van der Waals surface area contributed by atoms with Crippen LogP contribution in [0.25, 0.3) is 116 Å². The maximum absolute atomic E-state index is 2.47. The summed E-state index contributed by atoms with van der Waals surface area (Å²) in [7, 11) is 0. The molecule has 0 amide bonds. The van der Waals surface area contributed by atoms with Crippen LogP contribution in [0.1, 0.15) is 22.3 Å². The van der Waals surface area contributed by atoms with Gasteiger partial charge >= 0.3 is 0 Å². The van der Waals surface area contributed by atoms with Crippen LogP contribution in [0.3, 0.4) is 0 Å². The Bertz CT molecular complexity index is 5330. The molecule has 1 aromatic heterocycles. The summed E-state index contributed by atoms with van der Waals surface area (Å²) in [4.78, 5) is 2.47. The summed E-state index contributed by atoms with van der Waals surface area (Å²) < 4.78 is 2.46. The van der Waals surface area contributed by atoms with Crippen molar-refractivity contribution < 1.29 is 0 Å². The highest BCUT2D eigenvalue weighted by molar-refractivity contribution is 6.11. The number of fused-ring (bicyclic) bond motifs is 7. The van der Waals surface area contributed by atoms with Gasteiger partial charge in [0.25, 0.3) is 0 Å². The molecule has 0 spiro atoms. The van der Waals surface area contributed by atoms with E-state index in [4.69, 9.17) is 0 Å². The Morgan fingerprint density at radius 1 is 0.231 bits per heavy atom. The second-order valence-corrected chi connectivity index (χ2v) is 24.0. The van der Waals surface area contributed by atoms with E-state index < -0.39 is 5.41 Å². The van der Waals surface area contributed by atoms with Gasteiger partial charge in [0, 0.05) is 33.2 Å². The van der Waals surface area contributed by atoms with Crippen LogP contribution in [0.2, 0.25) is 0 Å². The van der Waals surface area contributed by atoms with E-state index >= 15 is 0 Å². The summed E-state index contributed by atoms with van der Waals surface area (Å²) in [5.41, 5.74) is 27.9. The van der Waals surface area contributed by atoms with Gasteiger partial charge in [-0.1, -0.05) is 291 Å². The number of hydrogen-bond donors (Lipinski definition) is 0. The maximum atomic E-state index is 2.47. The van der Waals surface area contributed by atoms with Crippen LogP contribution in [0.5, 0.6) is 0 Å². The minimum Gasteiger partial charge on any atom is -0.310 e. The molecule has 91 heavy (non-hydrogen) atoms. The topological polar surface area (TPSA) is 8.17 Å². The number of rotatable bonds is 12. The van der Waals surface area contributed by atoms with E-state index in [1.165, 1.54) is 99.4 Å². The largest absolute Gasteiger partial charge is 0.310 e. The van der Waals surface area contributed by atoms with Gasteiger partial charge in [0.1, 0.15) is 0 Å². The molecular formula is C89H60N2. The molecule has 0 bridgehead atoms. The molecular weight excluding hydrogens is 1100 g/mol. The third kappa shape index (κ3) is 9.27. The minimum atomic E-state index is -0.538. The number of aromatic nitrogens is 1. The molecule has 0 aliphatic heterocycles.